The van der Waals surface area contributed by atoms with Gasteiger partial charge in [0.1, 0.15) is 11.9 Å². The molecular weight excluding hydrogens is 246 g/mol. The Hall–Kier alpha value is -1.98. The first kappa shape index (κ1) is 13.5. The maximum Gasteiger partial charge on any atom is 0.329 e. The molecule has 102 valence electrons. The summed E-state index contributed by atoms with van der Waals surface area (Å²) in [7, 11) is 0. The molecule has 1 amide bonds. The predicted octanol–water partition coefficient (Wildman–Crippen LogP) is 1.34. The van der Waals surface area contributed by atoms with E-state index < -0.39 is 11.5 Å². The van der Waals surface area contributed by atoms with E-state index >= 15 is 0 Å². The number of rotatable bonds is 4. The molecule has 1 aliphatic rings. The third kappa shape index (κ3) is 2.30. The predicted molar refractivity (Wildman–Crippen MR) is 67.6 cm³/mol. The maximum absolute atomic E-state index is 12.4. The van der Waals surface area contributed by atoms with Crippen LogP contribution in [0.3, 0.4) is 0 Å². The van der Waals surface area contributed by atoms with Gasteiger partial charge in [-0.1, -0.05) is 13.3 Å². The molecule has 1 aromatic heterocycles. The third-order valence-corrected chi connectivity index (χ3v) is 3.60. The minimum Gasteiger partial charge on any atom is -0.479 e. The van der Waals surface area contributed by atoms with Gasteiger partial charge >= 0.3 is 5.97 Å². The van der Waals surface area contributed by atoms with E-state index in [2.05, 4.69) is 9.97 Å². The number of aromatic nitrogens is 2. The van der Waals surface area contributed by atoms with E-state index in [9.17, 15) is 14.7 Å². The fourth-order valence-corrected chi connectivity index (χ4v) is 2.74. The average molecular weight is 263 g/mol. The zero-order chi connectivity index (χ0) is 13.9. The van der Waals surface area contributed by atoms with Crippen molar-refractivity contribution < 1.29 is 14.7 Å². The van der Waals surface area contributed by atoms with Gasteiger partial charge in [0, 0.05) is 18.9 Å². The number of hydrogen-bond donors (Lipinski definition) is 1. The van der Waals surface area contributed by atoms with Gasteiger partial charge in [-0.2, -0.15) is 0 Å². The highest BCUT2D eigenvalue weighted by molar-refractivity contribution is 5.97. The average Bonchev–Trinajstić information content (AvgIpc) is 2.84. The zero-order valence-electron chi connectivity index (χ0n) is 10.9. The third-order valence-electron chi connectivity index (χ3n) is 3.60. The largest absolute Gasteiger partial charge is 0.479 e. The van der Waals surface area contributed by atoms with E-state index in [4.69, 9.17) is 0 Å². The summed E-state index contributed by atoms with van der Waals surface area (Å²) in [6.07, 6.45) is 6.61. The van der Waals surface area contributed by atoms with Crippen LogP contribution < -0.4 is 0 Å². The van der Waals surface area contributed by atoms with E-state index in [0.29, 0.717) is 31.4 Å². The van der Waals surface area contributed by atoms with Crippen LogP contribution >= 0.6 is 0 Å². The summed E-state index contributed by atoms with van der Waals surface area (Å²) in [5, 5.41) is 9.54. The molecule has 0 spiro atoms. The lowest BCUT2D eigenvalue weighted by molar-refractivity contribution is -0.148. The van der Waals surface area contributed by atoms with Crippen molar-refractivity contribution in [1.82, 2.24) is 14.9 Å². The minimum atomic E-state index is -1.07. The number of amides is 1. The quantitative estimate of drug-likeness (QED) is 0.886. The van der Waals surface area contributed by atoms with Gasteiger partial charge in [0.15, 0.2) is 0 Å². The van der Waals surface area contributed by atoms with Gasteiger partial charge in [-0.25, -0.2) is 14.8 Å². The zero-order valence-corrected chi connectivity index (χ0v) is 10.9. The second-order valence-electron chi connectivity index (χ2n) is 4.77. The molecule has 6 heteroatoms. The normalized spacial score (nSPS) is 22.5. The van der Waals surface area contributed by atoms with Gasteiger partial charge in [-0.3, -0.25) is 4.79 Å². The molecule has 2 heterocycles. The number of carbonyl (C=O) groups is 2. The van der Waals surface area contributed by atoms with Crippen LogP contribution in [0.5, 0.6) is 0 Å². The lowest BCUT2D eigenvalue weighted by Crippen LogP contribution is -2.53. The van der Waals surface area contributed by atoms with Crippen LogP contribution in [0.4, 0.5) is 0 Å². The molecule has 1 aromatic rings. The Morgan fingerprint density at radius 3 is 2.68 bits per heavy atom. The summed E-state index contributed by atoms with van der Waals surface area (Å²) in [6, 6.07) is 0. The summed E-state index contributed by atoms with van der Waals surface area (Å²) in [6.45, 7) is 2.40. The van der Waals surface area contributed by atoms with Crippen LogP contribution in [-0.2, 0) is 4.79 Å². The molecule has 1 fully saturated rings. The molecule has 1 atom stereocenters. The Bertz CT molecular complexity index is 477. The molecule has 1 N–H and O–H groups in total. The van der Waals surface area contributed by atoms with E-state index in [1.54, 1.807) is 0 Å². The molecule has 0 radical (unpaired) electrons. The Balaban J connectivity index is 2.32. The van der Waals surface area contributed by atoms with Crippen LogP contribution in [0.15, 0.2) is 18.7 Å². The van der Waals surface area contributed by atoms with Crippen molar-refractivity contribution in [2.24, 2.45) is 0 Å². The van der Waals surface area contributed by atoms with Crippen LogP contribution in [-0.4, -0.2) is 43.9 Å². The molecule has 19 heavy (non-hydrogen) atoms. The number of nitrogens with zero attached hydrogens (tertiary/aromatic N) is 3. The first-order chi connectivity index (χ1) is 9.12. The lowest BCUT2D eigenvalue weighted by Gasteiger charge is -2.34. The fraction of sp³-hybridized carbons (Fsp3) is 0.538. The number of carboxylic acid groups (broad SMARTS) is 1. The van der Waals surface area contributed by atoms with Crippen LogP contribution in [0, 0.1) is 0 Å². The smallest absolute Gasteiger partial charge is 0.329 e. The summed E-state index contributed by atoms with van der Waals surface area (Å²) >= 11 is 0. The summed E-state index contributed by atoms with van der Waals surface area (Å²) < 4.78 is 0. The maximum atomic E-state index is 12.4. The molecule has 1 unspecified atom stereocenters. The molecular formula is C13H17N3O3. The Kier molecular flexibility index (Phi) is 3.78. The fourth-order valence-electron chi connectivity index (χ4n) is 2.74. The molecule has 2 rings (SSSR count). The van der Waals surface area contributed by atoms with Gasteiger partial charge in [0.2, 0.25) is 0 Å². The summed E-state index contributed by atoms with van der Waals surface area (Å²) in [5.74, 6) is -1.22. The Morgan fingerprint density at radius 1 is 1.42 bits per heavy atom. The molecule has 6 nitrogen and oxygen atoms in total. The second kappa shape index (κ2) is 5.34. The van der Waals surface area contributed by atoms with E-state index in [-0.39, 0.29) is 5.91 Å². The molecule has 0 saturated carbocycles. The van der Waals surface area contributed by atoms with Gasteiger partial charge < -0.3 is 10.0 Å². The molecule has 0 aromatic carbocycles. The Morgan fingerprint density at radius 2 is 2.11 bits per heavy atom. The van der Waals surface area contributed by atoms with Crippen molar-refractivity contribution in [1.29, 1.82) is 0 Å². The summed E-state index contributed by atoms with van der Waals surface area (Å²) in [4.78, 5) is 33.1. The number of carbonyl (C=O) groups excluding carboxylic acids is 1. The number of aliphatic carboxylic acids is 1. The van der Waals surface area contributed by atoms with E-state index in [0.717, 1.165) is 6.42 Å². The van der Waals surface area contributed by atoms with Crippen molar-refractivity contribution in [3.05, 3.63) is 24.3 Å². The van der Waals surface area contributed by atoms with Gasteiger partial charge in [0.05, 0.1) is 5.56 Å². The SMILES string of the molecule is CCCC1(C(=O)O)CCCN1C(=O)c1cncnc1. The summed E-state index contributed by atoms with van der Waals surface area (Å²) in [5.41, 5.74) is -0.729. The highest BCUT2D eigenvalue weighted by atomic mass is 16.4. The standard InChI is InChI=1S/C13H17N3O3/c1-2-4-13(12(18)19)5-3-6-16(13)11(17)10-7-14-9-15-8-10/h7-9H,2-6H2,1H3,(H,18,19). The lowest BCUT2D eigenvalue weighted by atomic mass is 9.90. The Labute approximate surface area is 111 Å². The highest BCUT2D eigenvalue weighted by Crippen LogP contribution is 2.35. The topological polar surface area (TPSA) is 83.4 Å². The van der Waals surface area contributed by atoms with Crippen molar-refractivity contribution in [2.75, 3.05) is 6.54 Å². The number of likely N-dealkylation sites (tertiary alicyclic amines) is 1. The van der Waals surface area contributed by atoms with E-state index in [1.165, 1.54) is 23.6 Å². The highest BCUT2D eigenvalue weighted by Gasteiger charge is 2.49. The van der Waals surface area contributed by atoms with Crippen LogP contribution in [0.1, 0.15) is 43.0 Å². The van der Waals surface area contributed by atoms with Gasteiger partial charge in [-0.15, -0.1) is 0 Å². The first-order valence-electron chi connectivity index (χ1n) is 6.42. The van der Waals surface area contributed by atoms with E-state index in [1.807, 2.05) is 6.92 Å². The van der Waals surface area contributed by atoms with Gasteiger partial charge in [0.25, 0.3) is 5.91 Å². The van der Waals surface area contributed by atoms with Crippen molar-refractivity contribution >= 4 is 11.9 Å². The van der Waals surface area contributed by atoms with Crippen molar-refractivity contribution in [3.8, 4) is 0 Å². The van der Waals surface area contributed by atoms with Crippen molar-refractivity contribution in [3.63, 3.8) is 0 Å². The minimum absolute atomic E-state index is 0.297. The number of carboxylic acids is 1. The molecule has 1 saturated heterocycles. The van der Waals surface area contributed by atoms with Gasteiger partial charge in [-0.05, 0) is 19.3 Å². The second-order valence-corrected chi connectivity index (χ2v) is 4.77. The molecule has 0 aliphatic carbocycles. The van der Waals surface area contributed by atoms with Crippen LogP contribution in [0.2, 0.25) is 0 Å². The van der Waals surface area contributed by atoms with Crippen LogP contribution in [0.25, 0.3) is 0 Å². The monoisotopic (exact) mass is 263 g/mol. The van der Waals surface area contributed by atoms with Crippen molar-refractivity contribution in [2.45, 2.75) is 38.1 Å². The first-order valence-corrected chi connectivity index (χ1v) is 6.42. The molecule has 0 bridgehead atoms. The number of hydrogen-bond acceptors (Lipinski definition) is 4. The molecule has 1 aliphatic heterocycles.